The first-order valence-electron chi connectivity index (χ1n) is 6.00. The Kier molecular flexibility index (Phi) is 3.19. The number of fused-ring (bicyclic) bond motifs is 2. The van der Waals surface area contributed by atoms with Crippen LogP contribution in [0.3, 0.4) is 0 Å². The first kappa shape index (κ1) is 12.5. The van der Waals surface area contributed by atoms with Crippen molar-refractivity contribution in [2.45, 2.75) is 45.0 Å². The van der Waals surface area contributed by atoms with Gasteiger partial charge in [-0.3, -0.25) is 0 Å². The highest BCUT2D eigenvalue weighted by Crippen LogP contribution is 2.55. The molecule has 0 saturated heterocycles. The lowest BCUT2D eigenvalue weighted by Crippen LogP contribution is -2.26. The van der Waals surface area contributed by atoms with E-state index in [4.69, 9.17) is 4.84 Å². The van der Waals surface area contributed by atoms with Gasteiger partial charge in [-0.15, -0.1) is 0 Å². The van der Waals surface area contributed by atoms with Gasteiger partial charge in [0.25, 0.3) is 5.92 Å². The maximum Gasteiger partial charge on any atom is 0.281 e. The molecule has 0 aliphatic heterocycles. The third-order valence-electron chi connectivity index (χ3n) is 3.83. The van der Waals surface area contributed by atoms with E-state index in [1.807, 2.05) is 0 Å². The number of amidine groups is 1. The van der Waals surface area contributed by atoms with Crippen LogP contribution in [0.25, 0.3) is 0 Å². The molecular weight excluding hydrogens is 226 g/mol. The number of nitrogens with zero attached hydrogens (tertiary/aromatic N) is 2. The van der Waals surface area contributed by atoms with Gasteiger partial charge in [-0.1, -0.05) is 5.16 Å². The molecule has 2 rings (SSSR count). The van der Waals surface area contributed by atoms with E-state index >= 15 is 0 Å². The fraction of sp³-hybridized carbons (Fsp3) is 0.833. The van der Waals surface area contributed by atoms with Crippen molar-refractivity contribution in [2.75, 3.05) is 6.61 Å². The summed E-state index contributed by atoms with van der Waals surface area (Å²) >= 11 is 0. The molecule has 0 heterocycles. The molecule has 0 aromatic rings. The number of hydrogen-bond acceptors (Lipinski definition) is 2. The van der Waals surface area contributed by atoms with Gasteiger partial charge in [-0.2, -0.15) is 0 Å². The monoisotopic (exact) mass is 244 g/mol. The van der Waals surface area contributed by atoms with Gasteiger partial charge in [-0.25, -0.2) is 13.8 Å². The Bertz CT molecular complexity index is 328. The zero-order valence-electron chi connectivity index (χ0n) is 10.1. The summed E-state index contributed by atoms with van der Waals surface area (Å²) in [4.78, 5) is 8.60. The van der Waals surface area contributed by atoms with Gasteiger partial charge in [0.2, 0.25) is 0 Å². The van der Waals surface area contributed by atoms with Crippen molar-refractivity contribution >= 4 is 12.6 Å². The summed E-state index contributed by atoms with van der Waals surface area (Å²) in [5.41, 5.74) is -0.0462. The lowest BCUT2D eigenvalue weighted by atomic mass is 9.83. The Morgan fingerprint density at radius 3 is 2.53 bits per heavy atom. The average Bonchev–Trinajstić information content (AvgIpc) is 2.83. The molecule has 17 heavy (non-hydrogen) atoms. The summed E-state index contributed by atoms with van der Waals surface area (Å²) < 4.78 is 25.2. The molecule has 2 bridgehead atoms. The Labute approximate surface area is 99.9 Å². The van der Waals surface area contributed by atoms with Gasteiger partial charge < -0.3 is 4.84 Å². The highest BCUT2D eigenvalue weighted by Gasteiger charge is 2.48. The van der Waals surface area contributed by atoms with Crippen molar-refractivity contribution in [1.29, 1.82) is 0 Å². The fourth-order valence-corrected chi connectivity index (χ4v) is 3.01. The molecule has 0 aromatic heterocycles. The largest absolute Gasteiger partial charge is 0.388 e. The van der Waals surface area contributed by atoms with E-state index in [0.29, 0.717) is 5.84 Å². The Hall–Kier alpha value is -1.00. The van der Waals surface area contributed by atoms with E-state index < -0.39 is 12.5 Å². The lowest BCUT2D eigenvalue weighted by molar-refractivity contribution is -0.0619. The van der Waals surface area contributed by atoms with Crippen molar-refractivity contribution in [1.82, 2.24) is 0 Å². The van der Waals surface area contributed by atoms with Crippen molar-refractivity contribution < 1.29 is 13.6 Å². The molecule has 0 radical (unpaired) electrons. The van der Waals surface area contributed by atoms with Crippen molar-refractivity contribution in [2.24, 2.45) is 21.5 Å². The SMILES string of the molecule is C=N/C(=N\OCC(C)(F)F)C12CCC(CC1)C2. The zero-order valence-corrected chi connectivity index (χ0v) is 10.1. The van der Waals surface area contributed by atoms with Gasteiger partial charge in [0.15, 0.2) is 12.4 Å². The summed E-state index contributed by atoms with van der Waals surface area (Å²) in [6.07, 6.45) is 5.47. The van der Waals surface area contributed by atoms with Crippen LogP contribution in [0.2, 0.25) is 0 Å². The smallest absolute Gasteiger partial charge is 0.281 e. The molecule has 3 nitrogen and oxygen atoms in total. The molecule has 5 heteroatoms. The van der Waals surface area contributed by atoms with E-state index in [9.17, 15) is 8.78 Å². The van der Waals surface area contributed by atoms with Gasteiger partial charge in [0.1, 0.15) is 0 Å². The van der Waals surface area contributed by atoms with Crippen molar-refractivity contribution in [3.05, 3.63) is 0 Å². The summed E-state index contributed by atoms with van der Waals surface area (Å²) in [6, 6.07) is 0. The Balaban J connectivity index is 2.01. The van der Waals surface area contributed by atoms with Crippen LogP contribution in [0.1, 0.15) is 39.0 Å². The van der Waals surface area contributed by atoms with E-state index in [1.54, 1.807) is 0 Å². The van der Waals surface area contributed by atoms with Gasteiger partial charge in [0, 0.05) is 12.3 Å². The number of oxime groups is 1. The molecule has 2 aliphatic carbocycles. The minimum absolute atomic E-state index is 0.0462. The predicted octanol–water partition coefficient (Wildman–Crippen LogP) is 3.25. The van der Waals surface area contributed by atoms with E-state index in [0.717, 1.165) is 32.1 Å². The van der Waals surface area contributed by atoms with Gasteiger partial charge in [0.05, 0.1) is 0 Å². The van der Waals surface area contributed by atoms with Crippen LogP contribution in [0.5, 0.6) is 0 Å². The summed E-state index contributed by atoms with van der Waals surface area (Å²) in [5, 5.41) is 3.79. The minimum atomic E-state index is -2.86. The minimum Gasteiger partial charge on any atom is -0.388 e. The molecule has 0 aromatic carbocycles. The number of alkyl halides is 2. The van der Waals surface area contributed by atoms with Gasteiger partial charge >= 0.3 is 0 Å². The molecular formula is C12H18F2N2O. The molecule has 0 spiro atoms. The molecule has 0 amide bonds. The van der Waals surface area contributed by atoms with Crippen LogP contribution in [0.15, 0.2) is 10.1 Å². The maximum absolute atomic E-state index is 12.6. The van der Waals surface area contributed by atoms with Crippen molar-refractivity contribution in [3.8, 4) is 0 Å². The van der Waals surface area contributed by atoms with Crippen molar-refractivity contribution in [3.63, 3.8) is 0 Å². The topological polar surface area (TPSA) is 34.0 Å². The molecule has 2 fully saturated rings. The molecule has 2 aliphatic rings. The van der Waals surface area contributed by atoms with Crippen LogP contribution < -0.4 is 0 Å². The molecule has 0 N–H and O–H groups in total. The Morgan fingerprint density at radius 2 is 2.12 bits per heavy atom. The van der Waals surface area contributed by atoms with Crippen LogP contribution in [-0.2, 0) is 4.84 Å². The van der Waals surface area contributed by atoms with Gasteiger partial charge in [-0.05, 0) is 44.7 Å². The first-order valence-corrected chi connectivity index (χ1v) is 6.00. The third-order valence-corrected chi connectivity index (χ3v) is 3.83. The average molecular weight is 244 g/mol. The quantitative estimate of drug-likeness (QED) is 0.424. The van der Waals surface area contributed by atoms with E-state index in [-0.39, 0.29) is 5.41 Å². The predicted molar refractivity (Wildman–Crippen MR) is 62.6 cm³/mol. The van der Waals surface area contributed by atoms with Crippen LogP contribution in [0, 0.1) is 11.3 Å². The summed E-state index contributed by atoms with van der Waals surface area (Å²) in [7, 11) is 0. The number of rotatable bonds is 4. The summed E-state index contributed by atoms with van der Waals surface area (Å²) in [6.45, 7) is 3.59. The maximum atomic E-state index is 12.6. The van der Waals surface area contributed by atoms with Crippen LogP contribution in [0.4, 0.5) is 8.78 Å². The van der Waals surface area contributed by atoms with E-state index in [1.165, 1.54) is 12.8 Å². The first-order chi connectivity index (χ1) is 7.95. The molecule has 96 valence electrons. The molecule has 2 saturated carbocycles. The number of aliphatic imine (C=N–C) groups is 1. The van der Waals surface area contributed by atoms with Crippen LogP contribution >= 0.6 is 0 Å². The second kappa shape index (κ2) is 4.35. The number of halogens is 2. The van der Waals surface area contributed by atoms with E-state index in [2.05, 4.69) is 16.9 Å². The summed E-state index contributed by atoms with van der Waals surface area (Å²) in [5.74, 6) is -1.60. The second-order valence-corrected chi connectivity index (χ2v) is 5.34. The lowest BCUT2D eigenvalue weighted by Gasteiger charge is -2.24. The highest BCUT2D eigenvalue weighted by molar-refractivity contribution is 5.91. The van der Waals surface area contributed by atoms with Crippen LogP contribution in [-0.4, -0.2) is 25.1 Å². The molecule has 0 unspecified atom stereocenters. The number of hydrogen-bond donors (Lipinski definition) is 0. The Morgan fingerprint density at radius 1 is 1.47 bits per heavy atom. The zero-order chi connectivity index (χ0) is 12.5. The second-order valence-electron chi connectivity index (χ2n) is 5.34. The molecule has 0 atom stereocenters. The third kappa shape index (κ3) is 2.64. The fourth-order valence-electron chi connectivity index (χ4n) is 3.01. The standard InChI is InChI=1S/C12H18F2N2O/c1-11(13,14)8-17-16-10(15-2)12-5-3-9(7-12)4-6-12/h9H,2-8H2,1H3/b16-10-. The normalized spacial score (nSPS) is 32.9. The highest BCUT2D eigenvalue weighted by atomic mass is 19.3.